The lowest BCUT2D eigenvalue weighted by atomic mass is 9.75. The van der Waals surface area contributed by atoms with E-state index >= 15 is 0 Å². The van der Waals surface area contributed by atoms with Gasteiger partial charge in [0.1, 0.15) is 5.75 Å². The number of alkyl halides is 3. The van der Waals surface area contributed by atoms with Crippen molar-refractivity contribution in [3.05, 3.63) is 48.5 Å². The molecule has 1 aliphatic carbocycles. The number of fused-ring (bicyclic) bond motifs is 1. The Balaban J connectivity index is 1.65. The van der Waals surface area contributed by atoms with Gasteiger partial charge in [-0.25, -0.2) is 4.98 Å². The van der Waals surface area contributed by atoms with Crippen LogP contribution in [0.4, 0.5) is 24.8 Å². The van der Waals surface area contributed by atoms with E-state index in [1.54, 1.807) is 12.1 Å². The summed E-state index contributed by atoms with van der Waals surface area (Å²) in [5.41, 5.74) is 2.89. The van der Waals surface area contributed by atoms with E-state index in [9.17, 15) is 13.2 Å². The van der Waals surface area contributed by atoms with E-state index in [1.165, 1.54) is 18.6 Å². The maximum absolute atomic E-state index is 12.4. The van der Waals surface area contributed by atoms with Crippen LogP contribution in [-0.2, 0) is 0 Å². The van der Waals surface area contributed by atoms with Crippen molar-refractivity contribution < 1.29 is 17.9 Å². The Labute approximate surface area is 167 Å². The lowest BCUT2D eigenvalue weighted by Gasteiger charge is -2.36. The van der Waals surface area contributed by atoms with Crippen LogP contribution in [0.25, 0.3) is 11.0 Å². The third-order valence-electron chi connectivity index (χ3n) is 5.48. The van der Waals surface area contributed by atoms with Gasteiger partial charge >= 0.3 is 6.36 Å². The number of rotatable bonds is 4. The molecule has 0 aliphatic heterocycles. The van der Waals surface area contributed by atoms with Gasteiger partial charge in [-0.3, -0.25) is 0 Å². The summed E-state index contributed by atoms with van der Waals surface area (Å²) >= 11 is 0. The molecule has 29 heavy (non-hydrogen) atoms. The van der Waals surface area contributed by atoms with Gasteiger partial charge in [-0.1, -0.05) is 32.4 Å². The summed E-state index contributed by atoms with van der Waals surface area (Å²) in [6, 6.07) is 14.0. The first-order valence-corrected chi connectivity index (χ1v) is 9.80. The van der Waals surface area contributed by atoms with Gasteiger partial charge < -0.3 is 14.6 Å². The molecule has 1 aliphatic rings. The maximum atomic E-state index is 12.4. The first-order valence-electron chi connectivity index (χ1n) is 9.80. The van der Waals surface area contributed by atoms with E-state index in [4.69, 9.17) is 4.98 Å². The molecule has 1 saturated carbocycles. The second-order valence-corrected chi connectivity index (χ2v) is 8.41. The van der Waals surface area contributed by atoms with Crippen LogP contribution < -0.4 is 10.1 Å². The van der Waals surface area contributed by atoms with Gasteiger partial charge in [0.2, 0.25) is 5.95 Å². The number of anilines is 2. The number of ether oxygens (including phenoxy) is 1. The van der Waals surface area contributed by atoms with Crippen LogP contribution in [0.5, 0.6) is 5.75 Å². The summed E-state index contributed by atoms with van der Waals surface area (Å²) in [6.07, 6.45) is -0.194. The minimum Gasteiger partial charge on any atom is -0.406 e. The normalized spacial score (nSPS) is 19.3. The third kappa shape index (κ3) is 4.49. The molecule has 7 heteroatoms. The average molecular weight is 403 g/mol. The lowest BCUT2D eigenvalue weighted by molar-refractivity contribution is -0.274. The zero-order valence-electron chi connectivity index (χ0n) is 16.5. The monoisotopic (exact) mass is 403 g/mol. The molecule has 154 valence electrons. The SMILES string of the molecule is CC1(C)CCC[C@H](n2c(Nc3ccc(OC(F)(F)F)cc3)nc3ccccc32)C1. The molecule has 0 radical (unpaired) electrons. The molecule has 4 rings (SSSR count). The Morgan fingerprint density at radius 3 is 2.52 bits per heavy atom. The van der Waals surface area contributed by atoms with Crippen LogP contribution in [0.15, 0.2) is 48.5 Å². The quantitative estimate of drug-likeness (QED) is 0.519. The number of nitrogens with zero attached hydrogens (tertiary/aromatic N) is 2. The second-order valence-electron chi connectivity index (χ2n) is 8.41. The van der Waals surface area contributed by atoms with Crippen molar-refractivity contribution in [3.8, 4) is 5.75 Å². The Morgan fingerprint density at radius 2 is 1.83 bits per heavy atom. The van der Waals surface area contributed by atoms with Gasteiger partial charge in [0.15, 0.2) is 0 Å². The maximum Gasteiger partial charge on any atom is 0.573 e. The van der Waals surface area contributed by atoms with Crippen molar-refractivity contribution in [2.45, 2.75) is 51.9 Å². The molecule has 0 amide bonds. The fourth-order valence-electron chi connectivity index (χ4n) is 4.25. The van der Waals surface area contributed by atoms with Crippen LogP contribution in [0.3, 0.4) is 0 Å². The summed E-state index contributed by atoms with van der Waals surface area (Å²) in [6.45, 7) is 4.59. The number of halogens is 3. The number of aromatic nitrogens is 2. The predicted octanol–water partition coefficient (Wildman–Crippen LogP) is 6.82. The molecule has 1 aromatic heterocycles. The first kappa shape index (κ1) is 19.6. The third-order valence-corrected chi connectivity index (χ3v) is 5.48. The molecule has 1 fully saturated rings. The standard InChI is InChI=1S/C22H24F3N3O/c1-21(2)13-5-6-16(14-21)28-19-8-4-3-7-18(19)27-20(28)26-15-9-11-17(12-10-15)29-22(23,24)25/h3-4,7-12,16H,5-6,13-14H2,1-2H3,(H,26,27)/t16-/m0/s1. The largest absolute Gasteiger partial charge is 0.573 e. The summed E-state index contributed by atoms with van der Waals surface area (Å²) in [5.74, 6) is 0.462. The van der Waals surface area contributed by atoms with Crippen molar-refractivity contribution in [1.82, 2.24) is 9.55 Å². The Hall–Kier alpha value is -2.70. The molecule has 0 spiro atoms. The van der Waals surface area contributed by atoms with Gasteiger partial charge in [0.25, 0.3) is 0 Å². The van der Waals surface area contributed by atoms with E-state index in [1.807, 2.05) is 18.2 Å². The summed E-state index contributed by atoms with van der Waals surface area (Å²) in [5, 5.41) is 3.29. The molecule has 0 bridgehead atoms. The fourth-order valence-corrected chi connectivity index (χ4v) is 4.25. The van der Waals surface area contributed by atoms with Gasteiger partial charge in [0.05, 0.1) is 11.0 Å². The number of hydrogen-bond donors (Lipinski definition) is 1. The highest BCUT2D eigenvalue weighted by Gasteiger charge is 2.32. The second kappa shape index (κ2) is 7.28. The lowest BCUT2D eigenvalue weighted by Crippen LogP contribution is -2.25. The van der Waals surface area contributed by atoms with E-state index in [0.717, 1.165) is 30.3 Å². The Bertz CT molecular complexity index is 993. The molecule has 0 unspecified atom stereocenters. The number of benzene rings is 2. The van der Waals surface area contributed by atoms with Gasteiger partial charge in [0, 0.05) is 11.7 Å². The van der Waals surface area contributed by atoms with Crippen LogP contribution in [0.1, 0.15) is 45.6 Å². The van der Waals surface area contributed by atoms with Gasteiger partial charge in [-0.2, -0.15) is 0 Å². The van der Waals surface area contributed by atoms with Crippen LogP contribution in [0.2, 0.25) is 0 Å². The number of hydrogen-bond acceptors (Lipinski definition) is 3. The minimum absolute atomic E-state index is 0.245. The van der Waals surface area contributed by atoms with Crippen molar-refractivity contribution in [2.75, 3.05) is 5.32 Å². The molecule has 4 nitrogen and oxygen atoms in total. The summed E-state index contributed by atoms with van der Waals surface area (Å²) in [7, 11) is 0. The zero-order chi connectivity index (χ0) is 20.6. The molecular weight excluding hydrogens is 379 g/mol. The molecule has 2 aromatic carbocycles. The molecule has 0 saturated heterocycles. The van der Waals surface area contributed by atoms with E-state index in [0.29, 0.717) is 17.7 Å². The van der Waals surface area contributed by atoms with Crippen molar-refractivity contribution >= 4 is 22.7 Å². The van der Waals surface area contributed by atoms with Crippen molar-refractivity contribution in [3.63, 3.8) is 0 Å². The average Bonchev–Trinajstić information content (AvgIpc) is 2.99. The Kier molecular flexibility index (Phi) is 4.92. The van der Waals surface area contributed by atoms with E-state index < -0.39 is 6.36 Å². The fraction of sp³-hybridized carbons (Fsp3) is 0.409. The number of para-hydroxylation sites is 2. The van der Waals surface area contributed by atoms with Crippen molar-refractivity contribution in [2.24, 2.45) is 5.41 Å². The predicted molar refractivity (Wildman–Crippen MR) is 107 cm³/mol. The van der Waals surface area contributed by atoms with Gasteiger partial charge in [-0.05, 0) is 61.1 Å². The Morgan fingerprint density at radius 1 is 1.10 bits per heavy atom. The molecule has 1 atom stereocenters. The molecule has 1 N–H and O–H groups in total. The summed E-state index contributed by atoms with van der Waals surface area (Å²) in [4.78, 5) is 4.75. The highest BCUT2D eigenvalue weighted by atomic mass is 19.4. The highest BCUT2D eigenvalue weighted by Crippen LogP contribution is 2.43. The molecular formula is C22H24F3N3O. The highest BCUT2D eigenvalue weighted by molar-refractivity contribution is 5.80. The zero-order valence-corrected chi connectivity index (χ0v) is 16.5. The first-order chi connectivity index (χ1) is 13.7. The van der Waals surface area contributed by atoms with Crippen LogP contribution in [-0.4, -0.2) is 15.9 Å². The van der Waals surface area contributed by atoms with Gasteiger partial charge in [-0.15, -0.1) is 13.2 Å². The van der Waals surface area contributed by atoms with E-state index in [2.05, 4.69) is 34.5 Å². The summed E-state index contributed by atoms with van der Waals surface area (Å²) < 4.78 is 43.3. The van der Waals surface area contributed by atoms with Crippen LogP contribution >= 0.6 is 0 Å². The molecule has 1 heterocycles. The molecule has 3 aromatic rings. The van der Waals surface area contributed by atoms with Crippen LogP contribution in [0, 0.1) is 5.41 Å². The topological polar surface area (TPSA) is 39.1 Å². The van der Waals surface area contributed by atoms with Crippen molar-refractivity contribution in [1.29, 1.82) is 0 Å². The minimum atomic E-state index is -4.70. The number of imidazole rings is 1. The van der Waals surface area contributed by atoms with E-state index in [-0.39, 0.29) is 11.2 Å². The number of nitrogens with one attached hydrogen (secondary N) is 1. The smallest absolute Gasteiger partial charge is 0.406 e.